The van der Waals surface area contributed by atoms with E-state index in [0.29, 0.717) is 24.5 Å². The quantitative estimate of drug-likeness (QED) is 0.179. The van der Waals surface area contributed by atoms with Crippen molar-refractivity contribution in [2.75, 3.05) is 43.4 Å². The highest BCUT2D eigenvalue weighted by molar-refractivity contribution is 7.92. The summed E-state index contributed by atoms with van der Waals surface area (Å²) < 4.78 is 41.9. The topological polar surface area (TPSA) is 138 Å². The first-order valence-corrected chi connectivity index (χ1v) is 19.3. The van der Waals surface area contributed by atoms with Crippen LogP contribution < -0.4 is 14.8 Å². The van der Waals surface area contributed by atoms with Crippen molar-refractivity contribution in [1.29, 1.82) is 0 Å². The van der Waals surface area contributed by atoms with Crippen LogP contribution in [-0.2, 0) is 14.8 Å². The zero-order valence-electron chi connectivity index (χ0n) is 30.5. The molecule has 0 fully saturated rings. The minimum atomic E-state index is -3.94. The smallest absolute Gasteiger partial charge is 0.321 e. The molecule has 5 rings (SSSR count). The molecular weight excluding hydrogens is 681 g/mol. The average molecular weight is 731 g/mol. The van der Waals surface area contributed by atoms with Crippen molar-refractivity contribution in [2.45, 2.75) is 70.1 Å². The molecule has 4 aromatic carbocycles. The molecule has 12 heteroatoms. The second-order valence-electron chi connectivity index (χ2n) is 13.8. The fourth-order valence-electron chi connectivity index (χ4n) is 6.28. The molecule has 52 heavy (non-hydrogen) atoms. The number of sulfonamides is 1. The number of nitrogens with one attached hydrogen (secondary N) is 2. The number of aryl methyl sites for hydroxylation is 1. The maximum atomic E-state index is 14.5. The molecule has 1 aliphatic heterocycles. The van der Waals surface area contributed by atoms with E-state index in [0.717, 1.165) is 29.2 Å². The molecule has 0 aliphatic carbocycles. The number of hydrogen-bond donors (Lipinski definition) is 3. The lowest BCUT2D eigenvalue weighted by molar-refractivity contribution is -0.0115. The molecular formula is C40H50N4O7S. The zero-order valence-corrected chi connectivity index (χ0v) is 31.4. The summed E-state index contributed by atoms with van der Waals surface area (Å²) in [6.45, 7) is 8.13. The van der Waals surface area contributed by atoms with E-state index >= 15 is 0 Å². The molecule has 0 bridgehead atoms. The van der Waals surface area contributed by atoms with Gasteiger partial charge < -0.3 is 29.7 Å². The van der Waals surface area contributed by atoms with Crippen molar-refractivity contribution < 1.29 is 32.6 Å². The molecule has 1 heterocycles. The Hall–Kier alpha value is -4.65. The number of fused-ring (bicyclic) bond motifs is 2. The third kappa shape index (κ3) is 9.61. The van der Waals surface area contributed by atoms with Crippen LogP contribution >= 0.6 is 0 Å². The number of aliphatic hydroxyl groups excluding tert-OH is 1. The number of carbonyl (C=O) groups is 2. The monoisotopic (exact) mass is 730 g/mol. The van der Waals surface area contributed by atoms with E-state index in [1.807, 2.05) is 63.2 Å². The summed E-state index contributed by atoms with van der Waals surface area (Å²) in [5, 5.41) is 15.3. The maximum Gasteiger partial charge on any atom is 0.321 e. The molecule has 3 N–H and O–H groups in total. The highest BCUT2D eigenvalue weighted by atomic mass is 32.2. The van der Waals surface area contributed by atoms with Crippen LogP contribution in [0.5, 0.6) is 5.75 Å². The van der Waals surface area contributed by atoms with Gasteiger partial charge in [-0.25, -0.2) is 13.2 Å². The van der Waals surface area contributed by atoms with Gasteiger partial charge in [0.25, 0.3) is 15.9 Å². The van der Waals surface area contributed by atoms with Crippen LogP contribution in [0.2, 0.25) is 0 Å². The third-order valence-corrected chi connectivity index (χ3v) is 10.9. The predicted octanol–water partition coefficient (Wildman–Crippen LogP) is 6.91. The summed E-state index contributed by atoms with van der Waals surface area (Å²) in [4.78, 5) is 31.2. The summed E-state index contributed by atoms with van der Waals surface area (Å²) >= 11 is 0. The SMILES string of the molecule is Cc1ccc(S(=O)(=O)Nc2ccc3c(c2)C(=O)N([C@H](C)CO)C[C@@H](C)[C@@H](CN(C)C(=O)Nc2cccc4ccccc24)OCCCC[C@@H](C)O3)cc1. The number of aliphatic hydroxyl groups is 1. The highest BCUT2D eigenvalue weighted by Gasteiger charge is 2.31. The maximum absolute atomic E-state index is 14.5. The van der Waals surface area contributed by atoms with Gasteiger partial charge in [-0.1, -0.05) is 61.0 Å². The first kappa shape index (κ1) is 38.6. The number of amides is 3. The first-order chi connectivity index (χ1) is 24.9. The molecule has 1 aliphatic rings. The van der Waals surface area contributed by atoms with E-state index in [9.17, 15) is 23.1 Å². The number of carbonyl (C=O) groups excluding carboxylic acids is 2. The van der Waals surface area contributed by atoms with E-state index in [2.05, 4.69) is 10.0 Å². The molecule has 4 atom stereocenters. The van der Waals surface area contributed by atoms with Crippen molar-refractivity contribution in [3.05, 3.63) is 96.1 Å². The molecule has 0 saturated heterocycles. The van der Waals surface area contributed by atoms with Gasteiger partial charge in [-0.2, -0.15) is 0 Å². The van der Waals surface area contributed by atoms with Crippen molar-refractivity contribution in [1.82, 2.24) is 9.80 Å². The number of ether oxygens (including phenoxy) is 2. The number of likely N-dealkylation sites (N-methyl/N-ethyl adjacent to an activating group) is 1. The Bertz CT molecular complexity index is 1950. The minimum absolute atomic E-state index is 0.0977. The predicted molar refractivity (Wildman–Crippen MR) is 204 cm³/mol. The Balaban J connectivity index is 1.40. The van der Waals surface area contributed by atoms with E-state index in [-0.39, 0.29) is 53.9 Å². The molecule has 278 valence electrons. The van der Waals surface area contributed by atoms with Gasteiger partial charge in [0.15, 0.2) is 0 Å². The van der Waals surface area contributed by atoms with Gasteiger partial charge in [0, 0.05) is 43.7 Å². The molecule has 0 radical (unpaired) electrons. The normalized spacial score (nSPS) is 19.5. The molecule has 4 aromatic rings. The molecule has 0 unspecified atom stereocenters. The van der Waals surface area contributed by atoms with E-state index in [1.165, 1.54) is 18.2 Å². The highest BCUT2D eigenvalue weighted by Crippen LogP contribution is 2.30. The van der Waals surface area contributed by atoms with Crippen molar-refractivity contribution in [3.63, 3.8) is 0 Å². The zero-order chi connectivity index (χ0) is 37.4. The number of nitrogens with zero attached hydrogens (tertiary/aromatic N) is 2. The fraction of sp³-hybridized carbons (Fsp3) is 0.400. The second kappa shape index (κ2) is 17.2. The molecule has 0 spiro atoms. The number of benzene rings is 4. The lowest BCUT2D eigenvalue weighted by Gasteiger charge is -2.35. The standard InChI is InChI=1S/C40H50N4O7S/c1-27-16-19-33(20-17-27)52(48,49)42-32-18-21-37-35(23-32)39(46)44(29(3)26-45)24-28(2)38(50-22-9-8-11-30(4)51-37)25-43(5)40(47)41-36-15-10-13-31-12-6-7-14-34(31)36/h6-7,10,12-21,23,28-30,38,42,45H,8-9,11,22,24-26H2,1-5H3,(H,41,47)/t28-,29-,30-,38-/m1/s1. The van der Waals surface area contributed by atoms with E-state index in [1.54, 1.807) is 48.0 Å². The van der Waals surface area contributed by atoms with Gasteiger partial charge in [-0.3, -0.25) is 9.52 Å². The van der Waals surface area contributed by atoms with Crippen molar-refractivity contribution >= 4 is 44.1 Å². The number of urea groups is 1. The molecule has 3 amide bonds. The number of rotatable bonds is 8. The lowest BCUT2D eigenvalue weighted by atomic mass is 10.0. The van der Waals surface area contributed by atoms with Crippen LogP contribution in [0.1, 0.15) is 56.0 Å². The Labute approximate surface area is 307 Å². The van der Waals surface area contributed by atoms with Gasteiger partial charge in [0.1, 0.15) is 5.75 Å². The van der Waals surface area contributed by atoms with Crippen molar-refractivity contribution in [3.8, 4) is 5.75 Å². The summed E-state index contributed by atoms with van der Waals surface area (Å²) in [5.74, 6) is -0.363. The molecule has 0 aromatic heterocycles. The second-order valence-corrected chi connectivity index (χ2v) is 15.4. The first-order valence-electron chi connectivity index (χ1n) is 17.8. The van der Waals surface area contributed by atoms with Crippen LogP contribution in [0.25, 0.3) is 10.8 Å². The van der Waals surface area contributed by atoms with Gasteiger partial charge in [0.2, 0.25) is 0 Å². The van der Waals surface area contributed by atoms with Crippen LogP contribution in [0, 0.1) is 12.8 Å². The van der Waals surface area contributed by atoms with Crippen LogP contribution in [0.15, 0.2) is 89.8 Å². The summed E-state index contributed by atoms with van der Waals surface area (Å²) in [6.07, 6.45) is 1.60. The third-order valence-electron chi connectivity index (χ3n) is 9.47. The molecule has 0 saturated carbocycles. The Kier molecular flexibility index (Phi) is 12.8. The molecule has 11 nitrogen and oxygen atoms in total. The average Bonchev–Trinajstić information content (AvgIpc) is 3.12. The van der Waals surface area contributed by atoms with Gasteiger partial charge >= 0.3 is 6.03 Å². The van der Waals surface area contributed by atoms with E-state index in [4.69, 9.17) is 9.47 Å². The summed E-state index contributed by atoms with van der Waals surface area (Å²) in [6, 6.07) is 23.9. The van der Waals surface area contributed by atoms with E-state index < -0.39 is 28.1 Å². The number of hydrogen-bond acceptors (Lipinski definition) is 7. The van der Waals surface area contributed by atoms with Crippen LogP contribution in [0.4, 0.5) is 16.2 Å². The number of anilines is 2. The van der Waals surface area contributed by atoms with Gasteiger partial charge in [0.05, 0.1) is 41.0 Å². The van der Waals surface area contributed by atoms with Gasteiger partial charge in [-0.15, -0.1) is 0 Å². The Morgan fingerprint density at radius 3 is 2.50 bits per heavy atom. The Morgan fingerprint density at radius 1 is 1.02 bits per heavy atom. The Morgan fingerprint density at radius 2 is 1.75 bits per heavy atom. The fourth-order valence-corrected chi connectivity index (χ4v) is 7.33. The largest absolute Gasteiger partial charge is 0.490 e. The van der Waals surface area contributed by atoms with Crippen LogP contribution in [-0.4, -0.2) is 86.9 Å². The van der Waals surface area contributed by atoms with Crippen molar-refractivity contribution in [2.24, 2.45) is 5.92 Å². The summed E-state index contributed by atoms with van der Waals surface area (Å²) in [7, 11) is -2.23. The van der Waals surface area contributed by atoms with Gasteiger partial charge in [-0.05, 0) is 81.8 Å². The summed E-state index contributed by atoms with van der Waals surface area (Å²) in [5.41, 5.74) is 2.01. The minimum Gasteiger partial charge on any atom is -0.490 e. The van der Waals surface area contributed by atoms with Crippen LogP contribution in [0.3, 0.4) is 0 Å². The lowest BCUT2D eigenvalue weighted by Crippen LogP contribution is -2.48.